The van der Waals surface area contributed by atoms with Crippen LogP contribution >= 0.6 is 23.2 Å². The molecule has 0 radical (unpaired) electrons. The van der Waals surface area contributed by atoms with Gasteiger partial charge in [-0.25, -0.2) is 0 Å². The van der Waals surface area contributed by atoms with E-state index >= 15 is 0 Å². The summed E-state index contributed by atoms with van der Waals surface area (Å²) in [7, 11) is -1.70. The van der Waals surface area contributed by atoms with Crippen LogP contribution in [0.1, 0.15) is 49.8 Å². The molecule has 1 atom stereocenters. The van der Waals surface area contributed by atoms with Crippen LogP contribution in [-0.2, 0) is 4.43 Å². The Balaban J connectivity index is 1.98. The van der Waals surface area contributed by atoms with E-state index in [4.69, 9.17) is 27.6 Å². The number of hydrogen-bond acceptors (Lipinski definition) is 1. The molecule has 3 rings (SSSR count). The van der Waals surface area contributed by atoms with Gasteiger partial charge in [-0.2, -0.15) is 0 Å². The van der Waals surface area contributed by atoms with Crippen LogP contribution in [0.4, 0.5) is 0 Å². The van der Waals surface area contributed by atoms with Gasteiger partial charge in [0.1, 0.15) is 5.76 Å². The van der Waals surface area contributed by atoms with Crippen molar-refractivity contribution >= 4 is 37.3 Å². The monoisotopic (exact) mass is 404 g/mol. The third-order valence-electron chi connectivity index (χ3n) is 5.75. The number of allylic oxidation sites excluding steroid dienone is 1. The minimum atomic E-state index is -1.70. The Hall–Kier alpha value is -1.22. The van der Waals surface area contributed by atoms with Crippen molar-refractivity contribution in [3.8, 4) is 0 Å². The van der Waals surface area contributed by atoms with Crippen molar-refractivity contribution in [1.82, 2.24) is 0 Å². The standard InChI is InChI=1S/C22H26Cl2OSi/c1-4-26(5-2,6-3)25-22-14-12-17(18-9-7-8-10-19(18)22)16-11-13-20(23)21(24)15-16/h7-11,13-15,17H,4-6,12H2,1-3H3/t17-/m0/s1. The molecule has 1 nitrogen and oxygen atoms in total. The topological polar surface area (TPSA) is 9.23 Å². The SMILES string of the molecule is CC[Si](CC)(CC)OC1=CC[C@@H](c2ccc(Cl)c(Cl)c2)c2ccccc21. The summed E-state index contributed by atoms with van der Waals surface area (Å²) in [6, 6.07) is 18.0. The first kappa shape index (κ1) is 19.5. The lowest BCUT2D eigenvalue weighted by molar-refractivity contribution is 0.483. The molecule has 0 aromatic heterocycles. The van der Waals surface area contributed by atoms with E-state index in [9.17, 15) is 0 Å². The molecular weight excluding hydrogens is 379 g/mol. The predicted molar refractivity (Wildman–Crippen MR) is 116 cm³/mol. The van der Waals surface area contributed by atoms with E-state index in [1.54, 1.807) is 0 Å². The van der Waals surface area contributed by atoms with Crippen LogP contribution in [0.5, 0.6) is 0 Å². The number of rotatable bonds is 6. The molecule has 0 unspecified atom stereocenters. The summed E-state index contributed by atoms with van der Waals surface area (Å²) in [5, 5.41) is 1.21. The number of hydrogen-bond donors (Lipinski definition) is 0. The van der Waals surface area contributed by atoms with Crippen molar-refractivity contribution in [3.05, 3.63) is 75.3 Å². The lowest BCUT2D eigenvalue weighted by Gasteiger charge is -2.34. The molecule has 2 aromatic carbocycles. The fourth-order valence-electron chi connectivity index (χ4n) is 3.83. The van der Waals surface area contributed by atoms with Gasteiger partial charge in [0.05, 0.1) is 10.0 Å². The van der Waals surface area contributed by atoms with E-state index in [-0.39, 0.29) is 5.92 Å². The summed E-state index contributed by atoms with van der Waals surface area (Å²) >= 11 is 12.4. The molecule has 4 heteroatoms. The second-order valence-corrected chi connectivity index (χ2v) is 12.5. The van der Waals surface area contributed by atoms with Gasteiger partial charge in [0.2, 0.25) is 8.32 Å². The zero-order valence-corrected chi connectivity index (χ0v) is 18.2. The van der Waals surface area contributed by atoms with E-state index in [2.05, 4.69) is 57.2 Å². The minimum absolute atomic E-state index is 0.286. The van der Waals surface area contributed by atoms with Gasteiger partial charge in [-0.1, -0.05) is 74.3 Å². The summed E-state index contributed by atoms with van der Waals surface area (Å²) in [5.41, 5.74) is 3.74. The lowest BCUT2D eigenvalue weighted by atomic mass is 9.82. The molecule has 0 saturated heterocycles. The molecule has 138 valence electrons. The van der Waals surface area contributed by atoms with Gasteiger partial charge in [0, 0.05) is 11.5 Å². The Morgan fingerprint density at radius 1 is 0.962 bits per heavy atom. The Bertz CT molecular complexity index is 803. The Kier molecular flexibility index (Phi) is 6.16. The first-order valence-corrected chi connectivity index (χ1v) is 12.8. The molecule has 0 saturated carbocycles. The Morgan fingerprint density at radius 2 is 1.65 bits per heavy atom. The zero-order chi connectivity index (χ0) is 18.7. The maximum atomic E-state index is 6.73. The smallest absolute Gasteiger partial charge is 0.250 e. The van der Waals surface area contributed by atoms with Crippen LogP contribution in [-0.4, -0.2) is 8.32 Å². The highest BCUT2D eigenvalue weighted by atomic mass is 35.5. The summed E-state index contributed by atoms with van der Waals surface area (Å²) in [6.07, 6.45) is 3.20. The summed E-state index contributed by atoms with van der Waals surface area (Å²) in [4.78, 5) is 0. The highest BCUT2D eigenvalue weighted by molar-refractivity contribution is 6.74. The predicted octanol–water partition coefficient (Wildman–Crippen LogP) is 7.89. The third kappa shape index (κ3) is 3.74. The second kappa shape index (κ2) is 8.20. The van der Waals surface area contributed by atoms with Crippen LogP contribution < -0.4 is 0 Å². The van der Waals surface area contributed by atoms with Gasteiger partial charge in [-0.3, -0.25) is 0 Å². The number of halogens is 2. The van der Waals surface area contributed by atoms with E-state index in [0.29, 0.717) is 10.0 Å². The Labute approximate surface area is 168 Å². The van der Waals surface area contributed by atoms with Crippen LogP contribution in [0.15, 0.2) is 48.5 Å². The van der Waals surface area contributed by atoms with E-state index < -0.39 is 8.32 Å². The summed E-state index contributed by atoms with van der Waals surface area (Å²) in [6.45, 7) is 6.81. The highest BCUT2D eigenvalue weighted by Crippen LogP contribution is 2.42. The average Bonchev–Trinajstić information content (AvgIpc) is 2.68. The van der Waals surface area contributed by atoms with Crippen LogP contribution in [0, 0.1) is 0 Å². The largest absolute Gasteiger partial charge is 0.543 e. The lowest BCUT2D eigenvalue weighted by Crippen LogP contribution is -2.35. The fraction of sp³-hybridized carbons (Fsp3) is 0.364. The van der Waals surface area contributed by atoms with E-state index in [1.165, 1.54) is 16.7 Å². The second-order valence-electron chi connectivity index (χ2n) is 6.96. The molecule has 1 aliphatic rings. The van der Waals surface area contributed by atoms with Crippen molar-refractivity contribution in [2.75, 3.05) is 0 Å². The zero-order valence-electron chi connectivity index (χ0n) is 15.7. The molecule has 0 bridgehead atoms. The van der Waals surface area contributed by atoms with Gasteiger partial charge in [-0.05, 0) is 53.9 Å². The first-order chi connectivity index (χ1) is 12.5. The van der Waals surface area contributed by atoms with Gasteiger partial charge in [0.15, 0.2) is 0 Å². The molecule has 0 heterocycles. The van der Waals surface area contributed by atoms with Gasteiger partial charge in [-0.15, -0.1) is 0 Å². The molecule has 1 aliphatic carbocycles. The maximum absolute atomic E-state index is 6.73. The van der Waals surface area contributed by atoms with Crippen molar-refractivity contribution < 1.29 is 4.43 Å². The quantitative estimate of drug-likeness (QED) is 0.444. The van der Waals surface area contributed by atoms with E-state index in [0.717, 1.165) is 30.3 Å². The molecule has 0 amide bonds. The minimum Gasteiger partial charge on any atom is -0.543 e. The van der Waals surface area contributed by atoms with Crippen molar-refractivity contribution in [2.24, 2.45) is 0 Å². The molecule has 0 N–H and O–H groups in total. The molecule has 0 aliphatic heterocycles. The number of fused-ring (bicyclic) bond motifs is 1. The van der Waals surface area contributed by atoms with Crippen molar-refractivity contribution in [3.63, 3.8) is 0 Å². The first-order valence-electron chi connectivity index (χ1n) is 9.47. The van der Waals surface area contributed by atoms with Gasteiger partial charge >= 0.3 is 0 Å². The van der Waals surface area contributed by atoms with Crippen LogP contribution in [0.3, 0.4) is 0 Å². The normalized spacial score (nSPS) is 16.8. The molecule has 26 heavy (non-hydrogen) atoms. The van der Waals surface area contributed by atoms with Crippen LogP contribution in [0.25, 0.3) is 5.76 Å². The summed E-state index contributed by atoms with van der Waals surface area (Å²) < 4.78 is 6.73. The molecular formula is C22H26Cl2OSi. The Morgan fingerprint density at radius 3 is 2.31 bits per heavy atom. The average molecular weight is 405 g/mol. The van der Waals surface area contributed by atoms with E-state index in [1.807, 2.05) is 12.1 Å². The fourth-order valence-corrected chi connectivity index (χ4v) is 6.73. The molecule has 0 spiro atoms. The number of benzene rings is 2. The van der Waals surface area contributed by atoms with Gasteiger partial charge < -0.3 is 4.43 Å². The molecule has 0 fully saturated rings. The van der Waals surface area contributed by atoms with Crippen molar-refractivity contribution in [2.45, 2.75) is 51.2 Å². The third-order valence-corrected chi connectivity index (χ3v) is 11.0. The molecule has 2 aromatic rings. The van der Waals surface area contributed by atoms with Crippen molar-refractivity contribution in [1.29, 1.82) is 0 Å². The maximum Gasteiger partial charge on any atom is 0.250 e. The highest BCUT2D eigenvalue weighted by Gasteiger charge is 2.34. The summed E-state index contributed by atoms with van der Waals surface area (Å²) in [5.74, 6) is 1.36. The van der Waals surface area contributed by atoms with Gasteiger partial charge in [0.25, 0.3) is 0 Å². The van der Waals surface area contributed by atoms with Crippen LogP contribution in [0.2, 0.25) is 28.2 Å².